The third-order valence-electron chi connectivity index (χ3n) is 4.77. The van der Waals surface area contributed by atoms with Gasteiger partial charge in [0.25, 0.3) is 5.69 Å². The average molecular weight is 367 g/mol. The first kappa shape index (κ1) is 18.6. The maximum atomic E-state index is 12.6. The summed E-state index contributed by atoms with van der Waals surface area (Å²) in [4.78, 5) is 37.0. The molecule has 2 aromatic rings. The number of nitrogens with one attached hydrogen (secondary N) is 1. The minimum Gasteiger partial charge on any atom is -0.338 e. The summed E-state index contributed by atoms with van der Waals surface area (Å²) < 4.78 is 0. The van der Waals surface area contributed by atoms with Crippen molar-refractivity contribution >= 4 is 23.2 Å². The summed E-state index contributed by atoms with van der Waals surface area (Å²) in [5.41, 5.74) is 3.22. The van der Waals surface area contributed by atoms with Crippen molar-refractivity contribution < 1.29 is 14.5 Å². The Kier molecular flexibility index (Phi) is 5.21. The second-order valence-electron chi connectivity index (χ2n) is 6.91. The van der Waals surface area contributed by atoms with Crippen molar-refractivity contribution in [1.82, 2.24) is 4.90 Å². The Morgan fingerprint density at radius 1 is 1.22 bits per heavy atom. The van der Waals surface area contributed by atoms with Gasteiger partial charge >= 0.3 is 0 Å². The van der Waals surface area contributed by atoms with Crippen LogP contribution in [-0.2, 0) is 16.1 Å². The summed E-state index contributed by atoms with van der Waals surface area (Å²) in [6.07, 6.45) is 0.145. The van der Waals surface area contributed by atoms with Crippen LogP contribution in [0, 0.1) is 29.9 Å². The molecule has 0 saturated carbocycles. The van der Waals surface area contributed by atoms with Gasteiger partial charge in [-0.25, -0.2) is 0 Å². The fourth-order valence-electron chi connectivity index (χ4n) is 3.11. The molecule has 1 aliphatic heterocycles. The minimum absolute atomic E-state index is 0.0634. The molecule has 0 radical (unpaired) electrons. The maximum absolute atomic E-state index is 12.6. The molecule has 0 spiro atoms. The van der Waals surface area contributed by atoms with E-state index in [2.05, 4.69) is 5.32 Å². The normalized spacial score (nSPS) is 16.4. The summed E-state index contributed by atoms with van der Waals surface area (Å²) in [6, 6.07) is 12.3. The van der Waals surface area contributed by atoms with Crippen molar-refractivity contribution in [2.45, 2.75) is 26.8 Å². The van der Waals surface area contributed by atoms with E-state index in [1.807, 2.05) is 31.2 Å². The number of anilines is 1. The summed E-state index contributed by atoms with van der Waals surface area (Å²) in [5.74, 6) is -0.827. The number of aryl methyl sites for hydroxylation is 2. The Morgan fingerprint density at radius 3 is 2.59 bits per heavy atom. The quantitative estimate of drug-likeness (QED) is 0.649. The fourth-order valence-corrected chi connectivity index (χ4v) is 3.11. The van der Waals surface area contributed by atoms with Crippen LogP contribution in [0.5, 0.6) is 0 Å². The van der Waals surface area contributed by atoms with Gasteiger partial charge in [-0.1, -0.05) is 35.9 Å². The highest BCUT2D eigenvalue weighted by Crippen LogP contribution is 2.25. The molecule has 1 saturated heterocycles. The van der Waals surface area contributed by atoms with E-state index in [0.29, 0.717) is 18.8 Å². The van der Waals surface area contributed by atoms with Crippen molar-refractivity contribution in [3.63, 3.8) is 0 Å². The van der Waals surface area contributed by atoms with E-state index in [9.17, 15) is 19.7 Å². The van der Waals surface area contributed by atoms with Gasteiger partial charge in [-0.15, -0.1) is 0 Å². The van der Waals surface area contributed by atoms with Crippen LogP contribution in [-0.4, -0.2) is 28.2 Å². The minimum atomic E-state index is -0.502. The van der Waals surface area contributed by atoms with E-state index in [-0.39, 0.29) is 23.9 Å². The Balaban J connectivity index is 1.66. The van der Waals surface area contributed by atoms with Gasteiger partial charge in [0.05, 0.1) is 16.5 Å². The van der Waals surface area contributed by atoms with Crippen molar-refractivity contribution in [2.24, 2.45) is 5.92 Å². The molecule has 0 aliphatic carbocycles. The number of carbonyl (C=O) groups is 2. The zero-order chi connectivity index (χ0) is 19.6. The molecule has 1 atom stereocenters. The van der Waals surface area contributed by atoms with Crippen LogP contribution in [0.4, 0.5) is 11.4 Å². The zero-order valence-electron chi connectivity index (χ0n) is 15.3. The largest absolute Gasteiger partial charge is 0.338 e. The van der Waals surface area contributed by atoms with Gasteiger partial charge in [0.1, 0.15) is 0 Å². The Morgan fingerprint density at radius 2 is 1.93 bits per heavy atom. The molecular weight excluding hydrogens is 346 g/mol. The fraction of sp³-hybridized carbons (Fsp3) is 0.300. The van der Waals surface area contributed by atoms with Crippen molar-refractivity contribution in [3.05, 3.63) is 69.3 Å². The molecule has 0 bridgehead atoms. The Labute approximate surface area is 157 Å². The Bertz CT molecular complexity index is 893. The summed E-state index contributed by atoms with van der Waals surface area (Å²) >= 11 is 0. The molecule has 3 rings (SSSR count). The van der Waals surface area contributed by atoms with Gasteiger partial charge in [0, 0.05) is 31.6 Å². The van der Waals surface area contributed by atoms with E-state index in [0.717, 1.165) is 16.7 Å². The highest BCUT2D eigenvalue weighted by Gasteiger charge is 2.34. The predicted octanol–water partition coefficient (Wildman–Crippen LogP) is 3.20. The van der Waals surface area contributed by atoms with Crippen LogP contribution in [0.15, 0.2) is 42.5 Å². The van der Waals surface area contributed by atoms with Crippen LogP contribution in [0.1, 0.15) is 23.1 Å². The van der Waals surface area contributed by atoms with Gasteiger partial charge in [-0.05, 0) is 25.0 Å². The molecule has 27 heavy (non-hydrogen) atoms. The first-order valence-electron chi connectivity index (χ1n) is 8.72. The van der Waals surface area contributed by atoms with Crippen LogP contribution >= 0.6 is 0 Å². The second kappa shape index (κ2) is 7.57. The summed E-state index contributed by atoms with van der Waals surface area (Å²) in [6.45, 7) is 4.58. The number of nitrogens with zero attached hydrogens (tertiary/aromatic N) is 2. The van der Waals surface area contributed by atoms with E-state index in [4.69, 9.17) is 0 Å². The predicted molar refractivity (Wildman–Crippen MR) is 101 cm³/mol. The topological polar surface area (TPSA) is 92.6 Å². The lowest BCUT2D eigenvalue weighted by molar-refractivity contribution is -0.384. The van der Waals surface area contributed by atoms with E-state index < -0.39 is 10.8 Å². The average Bonchev–Trinajstić information content (AvgIpc) is 2.99. The lowest BCUT2D eigenvalue weighted by atomic mass is 10.1. The number of rotatable bonds is 5. The Hall–Kier alpha value is -3.22. The van der Waals surface area contributed by atoms with Gasteiger partial charge in [0.15, 0.2) is 0 Å². The molecule has 1 fully saturated rings. The summed E-state index contributed by atoms with van der Waals surface area (Å²) in [5, 5.41) is 13.7. The molecule has 140 valence electrons. The first-order chi connectivity index (χ1) is 12.8. The standard InChI is InChI=1S/C20H21N3O4/c1-13-3-6-15(7-4-13)11-22-12-16(9-19(22)24)20(25)21-18-10-17(23(26)27)8-5-14(18)2/h3-8,10,16H,9,11-12H2,1-2H3,(H,21,25). The molecule has 7 nitrogen and oxygen atoms in total. The summed E-state index contributed by atoms with van der Waals surface area (Å²) in [7, 11) is 0. The van der Waals surface area contributed by atoms with Gasteiger partial charge in [0.2, 0.25) is 11.8 Å². The molecule has 2 aromatic carbocycles. The van der Waals surface area contributed by atoms with Gasteiger partial charge in [-0.3, -0.25) is 19.7 Å². The number of likely N-dealkylation sites (tertiary alicyclic amines) is 1. The van der Waals surface area contributed by atoms with E-state index in [1.54, 1.807) is 17.9 Å². The second-order valence-corrected chi connectivity index (χ2v) is 6.91. The van der Waals surface area contributed by atoms with Crippen LogP contribution in [0.25, 0.3) is 0 Å². The monoisotopic (exact) mass is 367 g/mol. The molecule has 2 amide bonds. The number of hydrogen-bond donors (Lipinski definition) is 1. The molecule has 1 N–H and O–H groups in total. The number of nitro benzene ring substituents is 1. The zero-order valence-corrected chi connectivity index (χ0v) is 15.3. The molecule has 1 heterocycles. The maximum Gasteiger partial charge on any atom is 0.271 e. The third kappa shape index (κ3) is 4.31. The van der Waals surface area contributed by atoms with E-state index in [1.165, 1.54) is 12.1 Å². The van der Waals surface area contributed by atoms with Crippen molar-refractivity contribution in [3.8, 4) is 0 Å². The van der Waals surface area contributed by atoms with E-state index >= 15 is 0 Å². The number of benzene rings is 2. The SMILES string of the molecule is Cc1ccc(CN2CC(C(=O)Nc3cc([N+](=O)[O-])ccc3C)CC2=O)cc1. The molecular formula is C20H21N3O4. The van der Waals surface area contributed by atoms with Crippen LogP contribution in [0.3, 0.4) is 0 Å². The number of carbonyl (C=O) groups excluding carboxylic acids is 2. The highest BCUT2D eigenvalue weighted by atomic mass is 16.6. The number of nitro groups is 1. The lowest BCUT2D eigenvalue weighted by Gasteiger charge is -2.17. The van der Waals surface area contributed by atoms with Crippen molar-refractivity contribution in [1.29, 1.82) is 0 Å². The number of hydrogen-bond acceptors (Lipinski definition) is 4. The lowest BCUT2D eigenvalue weighted by Crippen LogP contribution is -2.28. The highest BCUT2D eigenvalue weighted by molar-refractivity contribution is 5.97. The van der Waals surface area contributed by atoms with Crippen LogP contribution in [0.2, 0.25) is 0 Å². The molecule has 1 unspecified atom stereocenters. The van der Waals surface area contributed by atoms with Gasteiger partial charge < -0.3 is 10.2 Å². The number of non-ortho nitro benzene ring substituents is 1. The third-order valence-corrected chi connectivity index (χ3v) is 4.77. The van der Waals surface area contributed by atoms with Gasteiger partial charge in [-0.2, -0.15) is 0 Å². The smallest absolute Gasteiger partial charge is 0.271 e. The number of amides is 2. The molecule has 7 heteroatoms. The van der Waals surface area contributed by atoms with Crippen molar-refractivity contribution in [2.75, 3.05) is 11.9 Å². The molecule has 0 aromatic heterocycles. The first-order valence-corrected chi connectivity index (χ1v) is 8.72. The molecule has 1 aliphatic rings. The van der Waals surface area contributed by atoms with Crippen LogP contribution < -0.4 is 5.32 Å².